The highest BCUT2D eigenvalue weighted by molar-refractivity contribution is 5.26. The summed E-state index contributed by atoms with van der Waals surface area (Å²) in [5.41, 5.74) is 2.29. The molecule has 0 saturated heterocycles. The molecular formula is C16H19NO2. The first kappa shape index (κ1) is 13.6. The van der Waals surface area contributed by atoms with Crippen LogP contribution in [0.3, 0.4) is 0 Å². The number of ether oxygens (including phenoxy) is 2. The summed E-state index contributed by atoms with van der Waals surface area (Å²) in [5, 5.41) is 0. The Labute approximate surface area is 114 Å². The summed E-state index contributed by atoms with van der Waals surface area (Å²) < 4.78 is 10.8. The van der Waals surface area contributed by atoms with Gasteiger partial charge in [-0.1, -0.05) is 18.2 Å². The minimum absolute atomic E-state index is 0.645. The molecule has 0 atom stereocenters. The summed E-state index contributed by atoms with van der Waals surface area (Å²) in [5.74, 6) is 0.874. The molecule has 19 heavy (non-hydrogen) atoms. The molecule has 100 valence electrons. The van der Waals surface area contributed by atoms with Crippen molar-refractivity contribution in [1.82, 2.24) is 4.98 Å². The summed E-state index contributed by atoms with van der Waals surface area (Å²) in [6, 6.07) is 13.9. The van der Waals surface area contributed by atoms with Gasteiger partial charge >= 0.3 is 0 Å². The number of nitrogens with zero attached hydrogens (tertiary/aromatic N) is 1. The van der Waals surface area contributed by atoms with Crippen molar-refractivity contribution in [3.63, 3.8) is 0 Å². The van der Waals surface area contributed by atoms with Crippen molar-refractivity contribution in [1.29, 1.82) is 0 Å². The lowest BCUT2D eigenvalue weighted by Gasteiger charge is -2.05. The van der Waals surface area contributed by atoms with E-state index in [1.807, 2.05) is 48.7 Å². The van der Waals surface area contributed by atoms with Crippen molar-refractivity contribution in [2.75, 3.05) is 13.7 Å². The van der Waals surface area contributed by atoms with Crippen LogP contribution in [0.2, 0.25) is 0 Å². The van der Waals surface area contributed by atoms with Crippen LogP contribution < -0.4 is 4.74 Å². The van der Waals surface area contributed by atoms with Crippen LogP contribution in [0.25, 0.3) is 0 Å². The van der Waals surface area contributed by atoms with E-state index < -0.39 is 0 Å². The molecule has 0 aliphatic carbocycles. The zero-order valence-corrected chi connectivity index (χ0v) is 11.2. The first-order valence-corrected chi connectivity index (χ1v) is 6.49. The maximum Gasteiger partial charge on any atom is 0.118 e. The zero-order valence-electron chi connectivity index (χ0n) is 11.2. The molecule has 0 spiro atoms. The predicted octanol–water partition coefficient (Wildman–Crippen LogP) is 3.24. The molecular weight excluding hydrogens is 238 g/mol. The van der Waals surface area contributed by atoms with E-state index in [0.29, 0.717) is 6.61 Å². The Morgan fingerprint density at radius 3 is 2.58 bits per heavy atom. The number of methoxy groups -OCH3 is 1. The maximum absolute atomic E-state index is 5.65. The van der Waals surface area contributed by atoms with Crippen LogP contribution in [-0.4, -0.2) is 18.7 Å². The third-order valence-corrected chi connectivity index (χ3v) is 2.88. The number of pyridine rings is 1. The lowest BCUT2D eigenvalue weighted by Crippen LogP contribution is -1.98. The van der Waals surface area contributed by atoms with Gasteiger partial charge in [0, 0.05) is 18.5 Å². The van der Waals surface area contributed by atoms with Gasteiger partial charge in [-0.15, -0.1) is 0 Å². The topological polar surface area (TPSA) is 31.4 Å². The molecule has 0 bridgehead atoms. The smallest absolute Gasteiger partial charge is 0.118 e. The van der Waals surface area contributed by atoms with E-state index in [-0.39, 0.29) is 0 Å². The van der Waals surface area contributed by atoms with Crippen molar-refractivity contribution in [3.8, 4) is 5.75 Å². The normalized spacial score (nSPS) is 10.4. The third-order valence-electron chi connectivity index (χ3n) is 2.88. The van der Waals surface area contributed by atoms with Gasteiger partial charge in [0.25, 0.3) is 0 Å². The van der Waals surface area contributed by atoms with Crippen molar-refractivity contribution in [2.45, 2.75) is 19.4 Å². The second kappa shape index (κ2) is 7.54. The van der Waals surface area contributed by atoms with Crippen molar-refractivity contribution < 1.29 is 9.47 Å². The third kappa shape index (κ3) is 4.72. The number of aryl methyl sites for hydroxylation is 1. The molecule has 0 aliphatic heterocycles. The van der Waals surface area contributed by atoms with Crippen LogP contribution in [0, 0.1) is 0 Å². The summed E-state index contributed by atoms with van der Waals surface area (Å²) in [7, 11) is 1.67. The monoisotopic (exact) mass is 257 g/mol. The molecule has 3 heteroatoms. The molecule has 3 nitrogen and oxygen atoms in total. The Bertz CT molecular complexity index is 468. The van der Waals surface area contributed by atoms with Gasteiger partial charge in [0.2, 0.25) is 0 Å². The second-order valence-corrected chi connectivity index (χ2v) is 4.33. The fourth-order valence-corrected chi connectivity index (χ4v) is 1.81. The minimum atomic E-state index is 0.645. The van der Waals surface area contributed by atoms with Gasteiger partial charge in [0.05, 0.1) is 13.7 Å². The molecule has 0 fully saturated rings. The van der Waals surface area contributed by atoms with Gasteiger partial charge in [-0.2, -0.15) is 0 Å². The van der Waals surface area contributed by atoms with Crippen LogP contribution in [0.1, 0.15) is 17.7 Å². The molecule has 1 aromatic carbocycles. The van der Waals surface area contributed by atoms with Crippen LogP contribution in [0.15, 0.2) is 48.7 Å². The van der Waals surface area contributed by atoms with Crippen molar-refractivity contribution in [2.24, 2.45) is 0 Å². The molecule has 0 amide bonds. The molecule has 1 aromatic heterocycles. The van der Waals surface area contributed by atoms with Gasteiger partial charge in [-0.25, -0.2) is 0 Å². The van der Waals surface area contributed by atoms with E-state index in [9.17, 15) is 0 Å². The Hall–Kier alpha value is -1.87. The van der Waals surface area contributed by atoms with Gasteiger partial charge in [0.15, 0.2) is 0 Å². The largest absolute Gasteiger partial charge is 0.497 e. The van der Waals surface area contributed by atoms with Crippen LogP contribution in [0.4, 0.5) is 0 Å². The van der Waals surface area contributed by atoms with E-state index >= 15 is 0 Å². The van der Waals surface area contributed by atoms with E-state index in [1.54, 1.807) is 7.11 Å². The van der Waals surface area contributed by atoms with Crippen LogP contribution in [-0.2, 0) is 17.8 Å². The molecule has 2 rings (SSSR count). The average Bonchev–Trinajstić information content (AvgIpc) is 2.49. The number of aromatic nitrogens is 1. The SMILES string of the molecule is COc1ccc(COCCCc2ccccn2)cc1. The van der Waals surface area contributed by atoms with Gasteiger partial charge in [-0.05, 0) is 42.7 Å². The Kier molecular flexibility index (Phi) is 5.38. The summed E-state index contributed by atoms with van der Waals surface area (Å²) in [6.07, 6.45) is 3.78. The highest BCUT2D eigenvalue weighted by Crippen LogP contribution is 2.12. The molecule has 0 saturated carbocycles. The molecule has 0 N–H and O–H groups in total. The average molecular weight is 257 g/mol. The lowest BCUT2D eigenvalue weighted by molar-refractivity contribution is 0.118. The van der Waals surface area contributed by atoms with E-state index in [0.717, 1.165) is 30.9 Å². The molecule has 0 unspecified atom stereocenters. The quantitative estimate of drug-likeness (QED) is 0.714. The molecule has 2 aromatic rings. The molecule has 0 radical (unpaired) electrons. The van der Waals surface area contributed by atoms with Crippen LogP contribution in [0.5, 0.6) is 5.75 Å². The minimum Gasteiger partial charge on any atom is -0.497 e. The standard InChI is InChI=1S/C16H19NO2/c1-18-16-9-7-14(8-10-16)13-19-12-4-6-15-5-2-3-11-17-15/h2-3,5,7-11H,4,6,12-13H2,1H3. The Morgan fingerprint density at radius 2 is 1.89 bits per heavy atom. The van der Waals surface area contributed by atoms with Crippen molar-refractivity contribution in [3.05, 3.63) is 59.9 Å². The highest BCUT2D eigenvalue weighted by atomic mass is 16.5. The molecule has 1 heterocycles. The number of benzene rings is 1. The van der Waals surface area contributed by atoms with Gasteiger partial charge in [-0.3, -0.25) is 4.98 Å². The second-order valence-electron chi connectivity index (χ2n) is 4.33. The predicted molar refractivity (Wildman–Crippen MR) is 75.2 cm³/mol. The van der Waals surface area contributed by atoms with Crippen LogP contribution >= 0.6 is 0 Å². The summed E-state index contributed by atoms with van der Waals surface area (Å²) >= 11 is 0. The first-order chi connectivity index (χ1) is 9.38. The number of hydrogen-bond donors (Lipinski definition) is 0. The number of hydrogen-bond acceptors (Lipinski definition) is 3. The number of rotatable bonds is 7. The highest BCUT2D eigenvalue weighted by Gasteiger charge is 1.96. The Morgan fingerprint density at radius 1 is 1.05 bits per heavy atom. The van der Waals surface area contributed by atoms with E-state index in [4.69, 9.17) is 9.47 Å². The first-order valence-electron chi connectivity index (χ1n) is 6.49. The van der Waals surface area contributed by atoms with E-state index in [1.165, 1.54) is 5.56 Å². The fraction of sp³-hybridized carbons (Fsp3) is 0.312. The Balaban J connectivity index is 1.63. The van der Waals surface area contributed by atoms with Gasteiger partial charge in [0.1, 0.15) is 5.75 Å². The lowest BCUT2D eigenvalue weighted by atomic mass is 10.2. The summed E-state index contributed by atoms with van der Waals surface area (Å²) in [6.45, 7) is 1.40. The van der Waals surface area contributed by atoms with Crippen molar-refractivity contribution >= 4 is 0 Å². The molecule has 0 aliphatic rings. The fourth-order valence-electron chi connectivity index (χ4n) is 1.81. The summed E-state index contributed by atoms with van der Waals surface area (Å²) in [4.78, 5) is 4.28. The maximum atomic E-state index is 5.65. The zero-order chi connectivity index (χ0) is 13.3. The van der Waals surface area contributed by atoms with E-state index in [2.05, 4.69) is 4.98 Å². The van der Waals surface area contributed by atoms with Gasteiger partial charge < -0.3 is 9.47 Å².